The summed E-state index contributed by atoms with van der Waals surface area (Å²) >= 11 is 0. The van der Waals surface area contributed by atoms with Crippen LogP contribution in [0.4, 0.5) is 11.4 Å². The van der Waals surface area contributed by atoms with Crippen LogP contribution in [0.5, 0.6) is 0 Å². The highest BCUT2D eigenvalue weighted by Crippen LogP contribution is 2.28. The Morgan fingerprint density at radius 1 is 0.935 bits per heavy atom. The number of nitrogens with zero attached hydrogens (tertiary/aromatic N) is 1. The molecule has 1 unspecified atom stereocenters. The van der Waals surface area contributed by atoms with Gasteiger partial charge in [0.05, 0.1) is 23.0 Å². The Morgan fingerprint density at radius 3 is 2.03 bits per heavy atom. The molecule has 6 nitrogen and oxygen atoms in total. The van der Waals surface area contributed by atoms with Gasteiger partial charge in [-0.1, -0.05) is 50.2 Å². The molecule has 2 aromatic carbocycles. The largest absolute Gasteiger partial charge is 0.361 e. The maximum atomic E-state index is 12.9. The quantitative estimate of drug-likeness (QED) is 0.565. The predicted molar refractivity (Wildman–Crippen MR) is 123 cm³/mol. The van der Waals surface area contributed by atoms with Gasteiger partial charge in [-0.15, -0.1) is 0 Å². The van der Waals surface area contributed by atoms with E-state index in [-0.39, 0.29) is 17.2 Å². The number of benzene rings is 2. The number of hydrogen-bond acceptors (Lipinski definition) is 4. The lowest BCUT2D eigenvalue weighted by Crippen LogP contribution is -2.21. The summed E-state index contributed by atoms with van der Waals surface area (Å²) in [5, 5.41) is 9.74. The van der Waals surface area contributed by atoms with E-state index in [2.05, 4.69) is 36.6 Å². The fourth-order valence-electron chi connectivity index (χ4n) is 3.50. The van der Waals surface area contributed by atoms with E-state index in [1.807, 2.05) is 43.3 Å². The number of nitrogens with one attached hydrogen (secondary N) is 2. The van der Waals surface area contributed by atoms with E-state index in [1.54, 1.807) is 26.0 Å². The van der Waals surface area contributed by atoms with Crippen molar-refractivity contribution in [2.24, 2.45) is 0 Å². The molecule has 1 atom stereocenters. The summed E-state index contributed by atoms with van der Waals surface area (Å²) < 4.78 is 5.18. The smallest absolute Gasteiger partial charge is 0.255 e. The number of anilines is 2. The van der Waals surface area contributed by atoms with Crippen LogP contribution in [0.15, 0.2) is 53.1 Å². The van der Waals surface area contributed by atoms with E-state index in [1.165, 1.54) is 0 Å². The zero-order valence-electron chi connectivity index (χ0n) is 18.9. The average Bonchev–Trinajstić information content (AvgIpc) is 3.06. The maximum Gasteiger partial charge on any atom is 0.255 e. The van der Waals surface area contributed by atoms with Crippen LogP contribution in [0.2, 0.25) is 0 Å². The van der Waals surface area contributed by atoms with Crippen molar-refractivity contribution in [2.45, 2.75) is 52.9 Å². The van der Waals surface area contributed by atoms with E-state index >= 15 is 0 Å². The number of para-hydroxylation sites is 2. The summed E-state index contributed by atoms with van der Waals surface area (Å²) in [6, 6.07) is 14.7. The summed E-state index contributed by atoms with van der Waals surface area (Å²) in [6.45, 7) is 11.8. The number of carbonyl (C=O) groups is 2. The average molecular weight is 420 g/mol. The number of aromatic nitrogens is 1. The molecule has 0 saturated carbocycles. The fraction of sp³-hybridized carbons (Fsp3) is 0.320. The SMILES string of the molecule is Cc1noc(C)c1C(C)C(=O)Nc1ccccc1NC(=O)c1ccc(C(C)(C)C)cc1. The number of carbonyl (C=O) groups excluding carboxylic acids is 2. The first-order valence-electron chi connectivity index (χ1n) is 10.3. The molecule has 0 spiro atoms. The van der Waals surface area contributed by atoms with Crippen LogP contribution >= 0.6 is 0 Å². The summed E-state index contributed by atoms with van der Waals surface area (Å²) in [4.78, 5) is 25.6. The number of rotatable bonds is 5. The molecular formula is C25H29N3O3. The lowest BCUT2D eigenvalue weighted by molar-refractivity contribution is -0.117. The molecule has 1 heterocycles. The first kappa shape index (κ1) is 22.3. The molecular weight excluding hydrogens is 390 g/mol. The zero-order valence-corrected chi connectivity index (χ0v) is 18.9. The third-order valence-corrected chi connectivity index (χ3v) is 5.36. The molecule has 3 rings (SSSR count). The molecule has 31 heavy (non-hydrogen) atoms. The van der Waals surface area contributed by atoms with Crippen molar-refractivity contribution >= 4 is 23.2 Å². The van der Waals surface area contributed by atoms with Crippen LogP contribution in [-0.4, -0.2) is 17.0 Å². The first-order valence-corrected chi connectivity index (χ1v) is 10.3. The summed E-state index contributed by atoms with van der Waals surface area (Å²) in [5.41, 5.74) is 4.27. The second-order valence-electron chi connectivity index (χ2n) is 8.78. The Hall–Kier alpha value is -3.41. The first-order chi connectivity index (χ1) is 14.6. The van der Waals surface area contributed by atoms with Gasteiger partial charge in [-0.25, -0.2) is 0 Å². The van der Waals surface area contributed by atoms with Crippen molar-refractivity contribution in [2.75, 3.05) is 10.6 Å². The molecule has 0 radical (unpaired) electrons. The Morgan fingerprint density at radius 2 is 1.52 bits per heavy atom. The Labute approximate surface area is 183 Å². The van der Waals surface area contributed by atoms with Crippen LogP contribution in [-0.2, 0) is 10.2 Å². The molecule has 0 bridgehead atoms. The lowest BCUT2D eigenvalue weighted by Gasteiger charge is -2.19. The second-order valence-corrected chi connectivity index (χ2v) is 8.78. The van der Waals surface area contributed by atoms with Gasteiger partial charge in [-0.05, 0) is 56.0 Å². The minimum Gasteiger partial charge on any atom is -0.361 e. The van der Waals surface area contributed by atoms with Crippen molar-refractivity contribution in [3.8, 4) is 0 Å². The molecule has 1 aromatic heterocycles. The predicted octanol–water partition coefficient (Wildman–Crippen LogP) is 5.58. The van der Waals surface area contributed by atoms with E-state index < -0.39 is 5.92 Å². The van der Waals surface area contributed by atoms with Crippen LogP contribution in [0.1, 0.15) is 66.6 Å². The minimum absolute atomic E-state index is 0.0177. The summed E-state index contributed by atoms with van der Waals surface area (Å²) in [7, 11) is 0. The van der Waals surface area contributed by atoms with E-state index in [9.17, 15) is 9.59 Å². The van der Waals surface area contributed by atoms with Gasteiger partial charge in [0.15, 0.2) is 0 Å². The third kappa shape index (κ3) is 5.02. The Balaban J connectivity index is 1.76. The van der Waals surface area contributed by atoms with Crippen LogP contribution in [0.3, 0.4) is 0 Å². The molecule has 0 aliphatic rings. The maximum absolute atomic E-state index is 12.9. The van der Waals surface area contributed by atoms with Crippen molar-refractivity contribution in [3.63, 3.8) is 0 Å². The number of aryl methyl sites for hydroxylation is 2. The molecule has 0 aliphatic carbocycles. The minimum atomic E-state index is -0.444. The van der Waals surface area contributed by atoms with Gasteiger partial charge >= 0.3 is 0 Å². The molecule has 6 heteroatoms. The topological polar surface area (TPSA) is 84.2 Å². The Bertz CT molecular complexity index is 1070. The van der Waals surface area contributed by atoms with E-state index in [4.69, 9.17) is 4.52 Å². The van der Waals surface area contributed by atoms with Gasteiger partial charge in [0.25, 0.3) is 5.91 Å². The third-order valence-electron chi connectivity index (χ3n) is 5.36. The molecule has 162 valence electrons. The van der Waals surface area contributed by atoms with Crippen molar-refractivity contribution in [3.05, 3.63) is 76.7 Å². The number of amides is 2. The fourth-order valence-corrected chi connectivity index (χ4v) is 3.50. The molecule has 0 aliphatic heterocycles. The molecule has 0 saturated heterocycles. The van der Waals surface area contributed by atoms with Crippen LogP contribution < -0.4 is 10.6 Å². The van der Waals surface area contributed by atoms with E-state index in [0.717, 1.165) is 11.1 Å². The van der Waals surface area contributed by atoms with Crippen LogP contribution in [0.25, 0.3) is 0 Å². The summed E-state index contributed by atoms with van der Waals surface area (Å²) in [6.07, 6.45) is 0. The van der Waals surface area contributed by atoms with Gasteiger partial charge in [-0.2, -0.15) is 0 Å². The highest BCUT2D eigenvalue weighted by atomic mass is 16.5. The van der Waals surface area contributed by atoms with E-state index in [0.29, 0.717) is 28.4 Å². The van der Waals surface area contributed by atoms with Gasteiger partial charge in [0.2, 0.25) is 5.91 Å². The standard InChI is InChI=1S/C25H29N3O3/c1-15(22-16(2)28-31-17(22)3)23(29)26-20-9-7-8-10-21(20)27-24(30)18-11-13-19(14-12-18)25(4,5)6/h7-15H,1-6H3,(H,26,29)(H,27,30). The van der Waals surface area contributed by atoms with Gasteiger partial charge in [-0.3, -0.25) is 9.59 Å². The Kier molecular flexibility index (Phi) is 6.29. The molecule has 2 N–H and O–H groups in total. The molecule has 2 amide bonds. The monoisotopic (exact) mass is 419 g/mol. The summed E-state index contributed by atoms with van der Waals surface area (Å²) in [5.74, 6) is -0.257. The highest BCUT2D eigenvalue weighted by molar-refractivity contribution is 6.07. The van der Waals surface area contributed by atoms with Crippen molar-refractivity contribution in [1.82, 2.24) is 5.16 Å². The van der Waals surface area contributed by atoms with Gasteiger partial charge < -0.3 is 15.2 Å². The van der Waals surface area contributed by atoms with Crippen LogP contribution in [0, 0.1) is 13.8 Å². The molecule has 0 fully saturated rings. The molecule has 3 aromatic rings. The van der Waals surface area contributed by atoms with Crippen molar-refractivity contribution in [1.29, 1.82) is 0 Å². The van der Waals surface area contributed by atoms with Gasteiger partial charge in [0, 0.05) is 11.1 Å². The zero-order chi connectivity index (χ0) is 22.8. The second kappa shape index (κ2) is 8.76. The highest BCUT2D eigenvalue weighted by Gasteiger charge is 2.24. The lowest BCUT2D eigenvalue weighted by atomic mass is 9.87. The normalized spacial score (nSPS) is 12.3. The number of hydrogen-bond donors (Lipinski definition) is 2. The van der Waals surface area contributed by atoms with Crippen molar-refractivity contribution < 1.29 is 14.1 Å². The van der Waals surface area contributed by atoms with Gasteiger partial charge in [0.1, 0.15) is 5.76 Å².